The van der Waals surface area contributed by atoms with Crippen LogP contribution in [0.5, 0.6) is 5.75 Å². The van der Waals surface area contributed by atoms with Crippen molar-refractivity contribution >= 4 is 35.1 Å². The first-order chi connectivity index (χ1) is 10.1. The molecule has 22 heavy (non-hydrogen) atoms. The van der Waals surface area contributed by atoms with Crippen LogP contribution in [0.25, 0.3) is 0 Å². The van der Waals surface area contributed by atoms with Crippen molar-refractivity contribution in [3.63, 3.8) is 0 Å². The van der Waals surface area contributed by atoms with Crippen LogP contribution >= 0.6 is 23.2 Å². The minimum absolute atomic E-state index is 0.0761. The van der Waals surface area contributed by atoms with Crippen LogP contribution in [0.2, 0.25) is 10.0 Å². The molecule has 0 aliphatic rings. The Balaban J connectivity index is 2.48. The number of esters is 2. The molecule has 0 saturated heterocycles. The molecule has 1 atom stereocenters. The molecular weight excluding hydrogens is 348 g/mol. The molecule has 0 fully saturated rings. The molecule has 1 aromatic rings. The zero-order chi connectivity index (χ0) is 16.9. The van der Waals surface area contributed by atoms with Gasteiger partial charge in [0.1, 0.15) is 0 Å². The van der Waals surface area contributed by atoms with Crippen LogP contribution in [0.3, 0.4) is 0 Å². The third-order valence-electron chi connectivity index (χ3n) is 2.44. The zero-order valence-corrected chi connectivity index (χ0v) is 12.8. The first-order valence-electron chi connectivity index (χ1n) is 6.02. The predicted octanol–water partition coefficient (Wildman–Crippen LogP) is 4.17. The summed E-state index contributed by atoms with van der Waals surface area (Å²) in [4.78, 5) is 22.7. The molecule has 0 saturated carbocycles. The van der Waals surface area contributed by atoms with Crippen LogP contribution in [0.15, 0.2) is 18.2 Å². The van der Waals surface area contributed by atoms with Gasteiger partial charge in [-0.15, -0.1) is 0 Å². The highest BCUT2D eigenvalue weighted by atomic mass is 35.5. The number of hydrogen-bond acceptors (Lipinski definition) is 4. The quantitative estimate of drug-likeness (QED) is 0.585. The van der Waals surface area contributed by atoms with E-state index in [2.05, 4.69) is 4.74 Å². The average Bonchev–Trinajstić information content (AvgIpc) is 2.39. The maximum absolute atomic E-state index is 12.2. The second-order valence-electron chi connectivity index (χ2n) is 4.20. The standard InChI is InChI=1S/C13H11Cl2F3O4/c1-7(13(16,17)18)21-10(19)5-6-11(20)22-12-8(14)3-2-4-9(12)15/h2-4,7H,5-6H2,1H3. The predicted molar refractivity (Wildman–Crippen MR) is 72.9 cm³/mol. The summed E-state index contributed by atoms with van der Waals surface area (Å²) in [7, 11) is 0. The maximum atomic E-state index is 12.2. The molecule has 0 aliphatic heterocycles. The van der Waals surface area contributed by atoms with E-state index in [9.17, 15) is 22.8 Å². The number of hydrogen-bond donors (Lipinski definition) is 0. The zero-order valence-electron chi connectivity index (χ0n) is 11.2. The van der Waals surface area contributed by atoms with Crippen LogP contribution < -0.4 is 4.74 Å². The lowest BCUT2D eigenvalue weighted by molar-refractivity contribution is -0.216. The lowest BCUT2D eigenvalue weighted by Crippen LogP contribution is -2.31. The smallest absolute Gasteiger partial charge is 0.425 e. The van der Waals surface area contributed by atoms with Crippen molar-refractivity contribution in [3.05, 3.63) is 28.2 Å². The molecule has 0 radical (unpaired) electrons. The molecule has 122 valence electrons. The average molecular weight is 359 g/mol. The van der Waals surface area contributed by atoms with Gasteiger partial charge in [-0.25, -0.2) is 0 Å². The number of alkyl halides is 3. The van der Waals surface area contributed by atoms with Gasteiger partial charge < -0.3 is 9.47 Å². The Morgan fingerprint density at radius 2 is 1.64 bits per heavy atom. The topological polar surface area (TPSA) is 52.6 Å². The summed E-state index contributed by atoms with van der Waals surface area (Å²) in [5, 5.41) is 0.184. The molecule has 0 heterocycles. The van der Waals surface area contributed by atoms with E-state index in [-0.39, 0.29) is 15.8 Å². The van der Waals surface area contributed by atoms with Gasteiger partial charge in [0, 0.05) is 0 Å². The second kappa shape index (κ2) is 7.69. The molecule has 1 aromatic carbocycles. The van der Waals surface area contributed by atoms with Crippen LogP contribution in [0, 0.1) is 0 Å². The first-order valence-corrected chi connectivity index (χ1v) is 6.77. The number of benzene rings is 1. The Bertz CT molecular complexity index is 540. The molecule has 1 unspecified atom stereocenters. The maximum Gasteiger partial charge on any atom is 0.425 e. The Morgan fingerprint density at radius 3 is 2.14 bits per heavy atom. The highest BCUT2D eigenvalue weighted by molar-refractivity contribution is 6.37. The summed E-state index contributed by atoms with van der Waals surface area (Å²) >= 11 is 11.6. The van der Waals surface area contributed by atoms with E-state index in [1.807, 2.05) is 0 Å². The molecular formula is C13H11Cl2F3O4. The summed E-state index contributed by atoms with van der Waals surface area (Å²) in [6, 6.07) is 4.42. The fourth-order valence-electron chi connectivity index (χ4n) is 1.27. The fourth-order valence-corrected chi connectivity index (χ4v) is 1.75. The van der Waals surface area contributed by atoms with E-state index in [1.165, 1.54) is 18.2 Å². The van der Waals surface area contributed by atoms with Gasteiger partial charge in [-0.3, -0.25) is 9.59 Å². The van der Waals surface area contributed by atoms with Gasteiger partial charge in [-0.2, -0.15) is 13.2 Å². The highest BCUT2D eigenvalue weighted by Crippen LogP contribution is 2.32. The van der Waals surface area contributed by atoms with Crippen molar-refractivity contribution in [2.75, 3.05) is 0 Å². The minimum Gasteiger partial charge on any atom is -0.453 e. The Morgan fingerprint density at radius 1 is 1.14 bits per heavy atom. The van der Waals surface area contributed by atoms with Gasteiger partial charge >= 0.3 is 18.1 Å². The third kappa shape index (κ3) is 5.73. The molecule has 0 N–H and O–H groups in total. The van der Waals surface area contributed by atoms with Crippen molar-refractivity contribution in [1.82, 2.24) is 0 Å². The van der Waals surface area contributed by atoms with E-state index >= 15 is 0 Å². The number of rotatable bonds is 5. The number of para-hydroxylation sites is 1. The van der Waals surface area contributed by atoms with Gasteiger partial charge in [-0.05, 0) is 19.1 Å². The Hall–Kier alpha value is -1.47. The van der Waals surface area contributed by atoms with Crippen molar-refractivity contribution in [1.29, 1.82) is 0 Å². The van der Waals surface area contributed by atoms with E-state index < -0.39 is 37.1 Å². The molecule has 9 heteroatoms. The van der Waals surface area contributed by atoms with Crippen LogP contribution in [-0.2, 0) is 14.3 Å². The highest BCUT2D eigenvalue weighted by Gasteiger charge is 2.39. The summed E-state index contributed by atoms with van der Waals surface area (Å²) in [5.74, 6) is -2.11. The number of carbonyl (C=O) groups excluding carboxylic acids is 2. The van der Waals surface area contributed by atoms with E-state index in [0.717, 1.165) is 0 Å². The van der Waals surface area contributed by atoms with Gasteiger partial charge in [-0.1, -0.05) is 29.3 Å². The second-order valence-corrected chi connectivity index (χ2v) is 5.01. The van der Waals surface area contributed by atoms with E-state index in [0.29, 0.717) is 6.92 Å². The molecule has 1 rings (SSSR count). The molecule has 0 aliphatic carbocycles. The van der Waals surface area contributed by atoms with Gasteiger partial charge in [0.25, 0.3) is 0 Å². The Labute approximate surface area is 134 Å². The largest absolute Gasteiger partial charge is 0.453 e. The number of carbonyl (C=O) groups is 2. The van der Waals surface area contributed by atoms with E-state index in [4.69, 9.17) is 27.9 Å². The SMILES string of the molecule is CC(OC(=O)CCC(=O)Oc1c(Cl)cccc1Cl)C(F)(F)F. The summed E-state index contributed by atoms with van der Waals surface area (Å²) in [6.45, 7) is 0.694. The van der Waals surface area contributed by atoms with Crippen LogP contribution in [0.1, 0.15) is 19.8 Å². The number of halogens is 5. The lowest BCUT2D eigenvalue weighted by atomic mass is 10.3. The van der Waals surface area contributed by atoms with E-state index in [1.54, 1.807) is 0 Å². The van der Waals surface area contributed by atoms with Gasteiger partial charge in [0.2, 0.25) is 0 Å². The minimum atomic E-state index is -4.65. The van der Waals surface area contributed by atoms with Gasteiger partial charge in [0.05, 0.1) is 22.9 Å². The first kappa shape index (κ1) is 18.6. The molecule has 4 nitrogen and oxygen atoms in total. The summed E-state index contributed by atoms with van der Waals surface area (Å²) < 4.78 is 45.6. The van der Waals surface area contributed by atoms with Crippen LogP contribution in [-0.4, -0.2) is 24.2 Å². The lowest BCUT2D eigenvalue weighted by Gasteiger charge is -2.16. The normalized spacial score (nSPS) is 12.6. The molecule has 0 bridgehead atoms. The fraction of sp³-hybridized carbons (Fsp3) is 0.385. The molecule has 0 aromatic heterocycles. The number of ether oxygens (including phenoxy) is 2. The van der Waals surface area contributed by atoms with Crippen molar-refractivity contribution < 1.29 is 32.2 Å². The van der Waals surface area contributed by atoms with Crippen LogP contribution in [0.4, 0.5) is 13.2 Å². The summed E-state index contributed by atoms with van der Waals surface area (Å²) in [6.07, 6.45) is -7.91. The van der Waals surface area contributed by atoms with Crippen molar-refractivity contribution in [3.8, 4) is 5.75 Å². The third-order valence-corrected chi connectivity index (χ3v) is 3.03. The monoisotopic (exact) mass is 358 g/mol. The van der Waals surface area contributed by atoms with Crippen molar-refractivity contribution in [2.45, 2.75) is 32.0 Å². The molecule has 0 spiro atoms. The van der Waals surface area contributed by atoms with Crippen molar-refractivity contribution in [2.24, 2.45) is 0 Å². The Kier molecular flexibility index (Phi) is 6.49. The van der Waals surface area contributed by atoms with Gasteiger partial charge in [0.15, 0.2) is 11.9 Å². The summed E-state index contributed by atoms with van der Waals surface area (Å²) in [5.41, 5.74) is 0. The molecule has 0 amide bonds.